The van der Waals surface area contributed by atoms with Gasteiger partial charge in [-0.15, -0.1) is 0 Å². The lowest BCUT2D eigenvalue weighted by Gasteiger charge is -2.18. The molecular weight excluding hydrogens is 450 g/mol. The average Bonchev–Trinajstić information content (AvgIpc) is 3.31. The van der Waals surface area contributed by atoms with E-state index >= 15 is 0 Å². The highest BCUT2D eigenvalue weighted by molar-refractivity contribution is 7.89. The van der Waals surface area contributed by atoms with Gasteiger partial charge in [0.1, 0.15) is 0 Å². The van der Waals surface area contributed by atoms with Crippen LogP contribution in [0.15, 0.2) is 53.4 Å². The highest BCUT2D eigenvalue weighted by Gasteiger charge is 2.25. The van der Waals surface area contributed by atoms with E-state index in [2.05, 4.69) is 5.32 Å². The lowest BCUT2D eigenvalue weighted by molar-refractivity contribution is 0.102. The molecule has 2 aromatic carbocycles. The smallest absolute Gasteiger partial charge is 0.255 e. The Morgan fingerprint density at radius 3 is 2.00 bits per heavy atom. The molecule has 1 N–H and O–H groups in total. The maximum absolute atomic E-state index is 12.6. The first kappa shape index (κ1) is 24.4. The van der Waals surface area contributed by atoms with Crippen LogP contribution in [0.1, 0.15) is 42.6 Å². The summed E-state index contributed by atoms with van der Waals surface area (Å²) in [6, 6.07) is 12.5. The minimum absolute atomic E-state index is 0.0859. The SMILES string of the molecule is CCN(CC)S(=O)(=O)c1ccc(NC(=O)c2ccc(CS(=O)(=O)N3CCCC3)cc2)cc1. The maximum atomic E-state index is 12.6. The number of rotatable bonds is 9. The molecule has 1 saturated heterocycles. The molecule has 1 aliphatic rings. The van der Waals surface area contributed by atoms with Crippen molar-refractivity contribution in [2.24, 2.45) is 0 Å². The molecule has 1 heterocycles. The summed E-state index contributed by atoms with van der Waals surface area (Å²) in [5.74, 6) is -0.449. The van der Waals surface area contributed by atoms with Crippen molar-refractivity contribution in [2.45, 2.75) is 37.3 Å². The van der Waals surface area contributed by atoms with E-state index in [9.17, 15) is 21.6 Å². The number of benzene rings is 2. The number of nitrogens with one attached hydrogen (secondary N) is 1. The summed E-state index contributed by atoms with van der Waals surface area (Å²) < 4.78 is 52.9. The fourth-order valence-corrected chi connectivity index (χ4v) is 6.72. The lowest BCUT2D eigenvalue weighted by atomic mass is 10.1. The molecule has 32 heavy (non-hydrogen) atoms. The van der Waals surface area contributed by atoms with Crippen molar-refractivity contribution in [3.8, 4) is 0 Å². The van der Waals surface area contributed by atoms with Gasteiger partial charge in [-0.05, 0) is 54.8 Å². The molecule has 0 unspecified atom stereocenters. The molecule has 1 aliphatic heterocycles. The van der Waals surface area contributed by atoms with E-state index in [0.717, 1.165) is 12.8 Å². The van der Waals surface area contributed by atoms with Crippen molar-refractivity contribution in [2.75, 3.05) is 31.5 Å². The monoisotopic (exact) mass is 479 g/mol. The Bertz CT molecular complexity index is 1140. The Morgan fingerprint density at radius 1 is 0.906 bits per heavy atom. The topological polar surface area (TPSA) is 104 Å². The number of hydrogen-bond donors (Lipinski definition) is 1. The van der Waals surface area contributed by atoms with Crippen LogP contribution < -0.4 is 5.32 Å². The molecule has 0 aromatic heterocycles. The summed E-state index contributed by atoms with van der Waals surface area (Å²) in [5.41, 5.74) is 1.47. The van der Waals surface area contributed by atoms with E-state index in [1.54, 1.807) is 50.2 Å². The summed E-state index contributed by atoms with van der Waals surface area (Å²) in [6.45, 7) is 5.46. The van der Waals surface area contributed by atoms with Gasteiger partial charge in [0.2, 0.25) is 20.0 Å². The van der Waals surface area contributed by atoms with Crippen molar-refractivity contribution >= 4 is 31.6 Å². The van der Waals surface area contributed by atoms with Gasteiger partial charge in [0, 0.05) is 37.4 Å². The third-order valence-electron chi connectivity index (χ3n) is 5.48. The number of carbonyl (C=O) groups is 1. The van der Waals surface area contributed by atoms with Crippen LogP contribution in [0.4, 0.5) is 5.69 Å². The van der Waals surface area contributed by atoms with Crippen LogP contribution >= 0.6 is 0 Å². The van der Waals surface area contributed by atoms with Gasteiger partial charge in [-0.2, -0.15) is 4.31 Å². The van der Waals surface area contributed by atoms with E-state index < -0.39 is 20.0 Å². The van der Waals surface area contributed by atoms with Gasteiger partial charge >= 0.3 is 0 Å². The van der Waals surface area contributed by atoms with E-state index in [0.29, 0.717) is 43.0 Å². The minimum atomic E-state index is -3.56. The zero-order valence-corrected chi connectivity index (χ0v) is 20.0. The molecule has 2 aromatic rings. The molecule has 10 heteroatoms. The molecule has 0 radical (unpaired) electrons. The van der Waals surface area contributed by atoms with Gasteiger partial charge in [0.15, 0.2) is 0 Å². The third-order valence-corrected chi connectivity index (χ3v) is 9.39. The Kier molecular flexibility index (Phi) is 7.71. The first-order valence-corrected chi connectivity index (χ1v) is 13.7. The normalized spacial score (nSPS) is 15.2. The number of carbonyl (C=O) groups excluding carboxylic acids is 1. The molecule has 0 aliphatic carbocycles. The fraction of sp³-hybridized carbons (Fsp3) is 0.409. The number of nitrogens with zero attached hydrogens (tertiary/aromatic N) is 2. The van der Waals surface area contributed by atoms with Crippen molar-refractivity contribution in [3.05, 3.63) is 59.7 Å². The number of sulfonamides is 2. The summed E-state index contributed by atoms with van der Waals surface area (Å²) in [6.07, 6.45) is 1.78. The predicted octanol–water partition coefficient (Wildman–Crippen LogP) is 2.90. The van der Waals surface area contributed by atoms with Crippen LogP contribution in [0, 0.1) is 0 Å². The van der Waals surface area contributed by atoms with E-state index in [-0.39, 0.29) is 16.6 Å². The minimum Gasteiger partial charge on any atom is -0.322 e. The van der Waals surface area contributed by atoms with Gasteiger partial charge in [-0.3, -0.25) is 4.79 Å². The number of anilines is 1. The number of amides is 1. The second-order valence-electron chi connectivity index (χ2n) is 7.63. The van der Waals surface area contributed by atoms with Crippen molar-refractivity contribution in [1.82, 2.24) is 8.61 Å². The molecule has 1 amide bonds. The highest BCUT2D eigenvalue weighted by atomic mass is 32.2. The van der Waals surface area contributed by atoms with Gasteiger partial charge in [-0.25, -0.2) is 21.1 Å². The number of hydrogen-bond acceptors (Lipinski definition) is 5. The largest absolute Gasteiger partial charge is 0.322 e. The Hall–Kier alpha value is -2.27. The summed E-state index contributed by atoms with van der Waals surface area (Å²) in [7, 11) is -6.90. The quantitative estimate of drug-likeness (QED) is 0.596. The fourth-order valence-electron chi connectivity index (χ4n) is 3.65. The Labute approximate surface area is 190 Å². The summed E-state index contributed by atoms with van der Waals surface area (Å²) >= 11 is 0. The first-order valence-electron chi connectivity index (χ1n) is 10.7. The van der Waals surface area contributed by atoms with Crippen LogP contribution in [0.3, 0.4) is 0 Å². The molecule has 3 rings (SSSR count). The average molecular weight is 480 g/mol. The van der Waals surface area contributed by atoms with Crippen LogP contribution in [0.2, 0.25) is 0 Å². The first-order chi connectivity index (χ1) is 15.2. The van der Waals surface area contributed by atoms with Crippen molar-refractivity contribution in [1.29, 1.82) is 0 Å². The maximum Gasteiger partial charge on any atom is 0.255 e. The van der Waals surface area contributed by atoms with E-state index in [4.69, 9.17) is 0 Å². The van der Waals surface area contributed by atoms with Crippen molar-refractivity contribution in [3.63, 3.8) is 0 Å². The van der Waals surface area contributed by atoms with E-state index in [1.165, 1.54) is 20.7 Å². The summed E-state index contributed by atoms with van der Waals surface area (Å²) in [4.78, 5) is 12.7. The molecule has 174 valence electrons. The predicted molar refractivity (Wildman–Crippen MR) is 124 cm³/mol. The molecule has 0 saturated carbocycles. The second-order valence-corrected chi connectivity index (χ2v) is 11.5. The zero-order chi connectivity index (χ0) is 23.4. The van der Waals surface area contributed by atoms with Crippen LogP contribution in [-0.4, -0.2) is 57.5 Å². The zero-order valence-electron chi connectivity index (χ0n) is 18.3. The third kappa shape index (κ3) is 5.55. The van der Waals surface area contributed by atoms with Crippen molar-refractivity contribution < 1.29 is 21.6 Å². The molecule has 0 bridgehead atoms. The highest BCUT2D eigenvalue weighted by Crippen LogP contribution is 2.20. The molecule has 0 spiro atoms. The van der Waals surface area contributed by atoms with Gasteiger partial charge < -0.3 is 5.32 Å². The molecule has 1 fully saturated rings. The van der Waals surface area contributed by atoms with Crippen LogP contribution in [-0.2, 0) is 25.8 Å². The van der Waals surface area contributed by atoms with Gasteiger partial charge in [-0.1, -0.05) is 26.0 Å². The van der Waals surface area contributed by atoms with Crippen LogP contribution in [0.25, 0.3) is 0 Å². The molecular formula is C22H29N3O5S2. The molecule has 0 atom stereocenters. The standard InChI is InChI=1S/C22H29N3O5S2/c1-3-24(4-2)32(29,30)21-13-11-20(12-14-21)23-22(26)19-9-7-18(8-10-19)17-31(27,28)25-15-5-6-16-25/h7-14H,3-6,15-17H2,1-2H3,(H,23,26). The van der Waals surface area contributed by atoms with Gasteiger partial charge in [0.05, 0.1) is 10.6 Å². The lowest BCUT2D eigenvalue weighted by Crippen LogP contribution is -2.30. The second kappa shape index (κ2) is 10.1. The van der Waals surface area contributed by atoms with E-state index in [1.807, 2.05) is 0 Å². The summed E-state index contributed by atoms with van der Waals surface area (Å²) in [5, 5.41) is 2.73. The Morgan fingerprint density at radius 2 is 1.47 bits per heavy atom. The molecule has 8 nitrogen and oxygen atoms in total. The Balaban J connectivity index is 1.64. The van der Waals surface area contributed by atoms with Gasteiger partial charge in [0.25, 0.3) is 5.91 Å². The van der Waals surface area contributed by atoms with Crippen LogP contribution in [0.5, 0.6) is 0 Å².